The fraction of sp³-hybridized carbons (Fsp3) is 0.143. The first-order chi connectivity index (χ1) is 12.8. The Kier molecular flexibility index (Phi) is 3.06. The van der Waals surface area contributed by atoms with Gasteiger partial charge in [-0.05, 0) is 18.2 Å². The van der Waals surface area contributed by atoms with Crippen molar-refractivity contribution in [2.24, 2.45) is 0 Å². The Hall–Kier alpha value is -3.34. The van der Waals surface area contributed by atoms with E-state index in [1.54, 1.807) is 21.3 Å². The molecule has 2 heterocycles. The Morgan fingerprint density at radius 2 is 1.08 bits per heavy atom. The van der Waals surface area contributed by atoms with Gasteiger partial charge in [0.2, 0.25) is 0 Å². The van der Waals surface area contributed by atoms with Crippen LogP contribution in [0.1, 0.15) is 0 Å². The molecule has 0 aliphatic carbocycles. The van der Waals surface area contributed by atoms with Crippen molar-refractivity contribution in [1.82, 2.24) is 9.97 Å². The van der Waals surface area contributed by atoms with E-state index < -0.39 is 0 Å². The number of H-pyrrole nitrogens is 2. The van der Waals surface area contributed by atoms with Gasteiger partial charge in [-0.15, -0.1) is 0 Å². The largest absolute Gasteiger partial charge is 0.495 e. The maximum absolute atomic E-state index is 5.80. The van der Waals surface area contributed by atoms with Crippen molar-refractivity contribution in [1.29, 1.82) is 0 Å². The van der Waals surface area contributed by atoms with Crippen molar-refractivity contribution < 1.29 is 14.2 Å². The number of aromatic amines is 2. The molecule has 26 heavy (non-hydrogen) atoms. The van der Waals surface area contributed by atoms with Crippen LogP contribution in [0.4, 0.5) is 0 Å². The predicted octanol–water partition coefficient (Wildman–Crippen LogP) is 4.98. The van der Waals surface area contributed by atoms with E-state index in [9.17, 15) is 0 Å². The molecule has 0 unspecified atom stereocenters. The van der Waals surface area contributed by atoms with Crippen molar-refractivity contribution in [3.8, 4) is 17.2 Å². The molecule has 5 nitrogen and oxygen atoms in total. The molecule has 0 bridgehead atoms. The lowest BCUT2D eigenvalue weighted by molar-refractivity contribution is 0.418. The highest BCUT2D eigenvalue weighted by molar-refractivity contribution is 6.21. The van der Waals surface area contributed by atoms with E-state index in [2.05, 4.69) is 28.2 Å². The quantitative estimate of drug-likeness (QED) is 0.484. The van der Waals surface area contributed by atoms with E-state index in [1.807, 2.05) is 24.3 Å². The number of hydrogen-bond acceptors (Lipinski definition) is 3. The van der Waals surface area contributed by atoms with Gasteiger partial charge in [-0.3, -0.25) is 0 Å². The van der Waals surface area contributed by atoms with Gasteiger partial charge in [0.1, 0.15) is 11.5 Å². The first-order valence-electron chi connectivity index (χ1n) is 8.40. The zero-order valence-corrected chi connectivity index (χ0v) is 14.8. The second kappa shape index (κ2) is 5.33. The van der Waals surface area contributed by atoms with Crippen LogP contribution < -0.4 is 14.2 Å². The molecule has 5 aromatic rings. The summed E-state index contributed by atoms with van der Waals surface area (Å²) in [4.78, 5) is 6.96. The van der Waals surface area contributed by atoms with Crippen molar-refractivity contribution >= 4 is 43.6 Å². The molecular weight excluding hydrogens is 328 g/mol. The molecule has 3 aromatic carbocycles. The molecular formula is C21H18N2O3. The van der Waals surface area contributed by atoms with Crippen LogP contribution >= 0.6 is 0 Å². The van der Waals surface area contributed by atoms with Gasteiger partial charge in [0.15, 0.2) is 5.75 Å². The van der Waals surface area contributed by atoms with Gasteiger partial charge in [-0.25, -0.2) is 0 Å². The van der Waals surface area contributed by atoms with Crippen molar-refractivity contribution in [2.75, 3.05) is 21.3 Å². The van der Waals surface area contributed by atoms with Gasteiger partial charge >= 0.3 is 0 Å². The zero-order valence-electron chi connectivity index (χ0n) is 14.8. The van der Waals surface area contributed by atoms with E-state index in [0.717, 1.165) is 60.9 Å². The Morgan fingerprint density at radius 1 is 0.577 bits per heavy atom. The molecule has 130 valence electrons. The minimum absolute atomic E-state index is 0.786. The van der Waals surface area contributed by atoms with E-state index >= 15 is 0 Å². The number of para-hydroxylation sites is 2. The van der Waals surface area contributed by atoms with Crippen molar-refractivity contribution in [3.05, 3.63) is 42.5 Å². The first-order valence-corrected chi connectivity index (χ1v) is 8.40. The smallest absolute Gasteiger partial charge is 0.166 e. The maximum atomic E-state index is 5.80. The summed E-state index contributed by atoms with van der Waals surface area (Å²) < 4.78 is 16.8. The predicted molar refractivity (Wildman–Crippen MR) is 105 cm³/mol. The molecule has 0 aliphatic rings. The second-order valence-electron chi connectivity index (χ2n) is 6.27. The average Bonchev–Trinajstić information content (AvgIpc) is 3.24. The molecule has 0 fully saturated rings. The first kappa shape index (κ1) is 15.0. The fourth-order valence-corrected chi connectivity index (χ4v) is 3.89. The lowest BCUT2D eigenvalue weighted by Gasteiger charge is -2.04. The van der Waals surface area contributed by atoms with E-state index in [4.69, 9.17) is 14.2 Å². The molecule has 0 spiro atoms. The molecule has 2 N–H and O–H groups in total. The third kappa shape index (κ3) is 1.80. The standard InChI is InChI=1S/C21H18N2O3/c1-24-15-8-4-6-11-13-10-14-12-7-5-9-16(25-2)18(12)23-20(14)21(26-3)19(13)22-17(11)15/h4-10,22-23H,1-3H3. The monoisotopic (exact) mass is 346 g/mol. The molecule has 0 saturated carbocycles. The van der Waals surface area contributed by atoms with Gasteiger partial charge in [0.25, 0.3) is 0 Å². The number of methoxy groups -OCH3 is 3. The molecule has 5 heteroatoms. The van der Waals surface area contributed by atoms with Crippen LogP contribution in [0.5, 0.6) is 17.2 Å². The van der Waals surface area contributed by atoms with Crippen LogP contribution in [0, 0.1) is 0 Å². The van der Waals surface area contributed by atoms with Gasteiger partial charge in [-0.1, -0.05) is 24.3 Å². The van der Waals surface area contributed by atoms with E-state index in [0.29, 0.717) is 0 Å². The third-order valence-corrected chi connectivity index (χ3v) is 5.06. The molecule has 0 radical (unpaired) electrons. The molecule has 2 aromatic heterocycles. The molecule has 0 atom stereocenters. The number of aromatic nitrogens is 2. The number of benzene rings is 3. The summed E-state index contributed by atoms with van der Waals surface area (Å²) in [5.74, 6) is 2.42. The number of rotatable bonds is 3. The molecule has 0 amide bonds. The number of hydrogen-bond donors (Lipinski definition) is 2. The van der Waals surface area contributed by atoms with Crippen LogP contribution in [-0.2, 0) is 0 Å². The molecule has 5 rings (SSSR count). The van der Waals surface area contributed by atoms with Gasteiger partial charge in [0.05, 0.1) is 43.4 Å². The normalized spacial score (nSPS) is 11.7. The minimum atomic E-state index is 0.786. The summed E-state index contributed by atoms with van der Waals surface area (Å²) in [5.41, 5.74) is 3.84. The van der Waals surface area contributed by atoms with Crippen molar-refractivity contribution in [2.45, 2.75) is 0 Å². The summed E-state index contributed by atoms with van der Waals surface area (Å²) in [6.07, 6.45) is 0. The summed E-state index contributed by atoms with van der Waals surface area (Å²) >= 11 is 0. The SMILES string of the molecule is COc1cccc2c1[nH]c1c(OC)c3[nH]c4c(OC)cccc4c3cc12. The van der Waals surface area contributed by atoms with E-state index in [-0.39, 0.29) is 0 Å². The number of nitrogens with one attached hydrogen (secondary N) is 2. The van der Waals surface area contributed by atoms with Gasteiger partial charge in [-0.2, -0.15) is 0 Å². The number of fused-ring (bicyclic) bond motifs is 6. The Balaban J connectivity index is 2.02. The Morgan fingerprint density at radius 3 is 1.50 bits per heavy atom. The van der Waals surface area contributed by atoms with E-state index in [1.165, 1.54) is 0 Å². The molecule has 0 aliphatic heterocycles. The average molecular weight is 346 g/mol. The van der Waals surface area contributed by atoms with Crippen LogP contribution in [0.15, 0.2) is 42.5 Å². The third-order valence-electron chi connectivity index (χ3n) is 5.06. The number of ether oxygens (including phenoxy) is 3. The summed E-state index contributed by atoms with van der Waals surface area (Å²) in [5, 5.41) is 4.42. The van der Waals surface area contributed by atoms with Crippen LogP contribution in [0.25, 0.3) is 43.6 Å². The summed E-state index contributed by atoms with van der Waals surface area (Å²) in [6.45, 7) is 0. The highest BCUT2D eigenvalue weighted by Crippen LogP contribution is 2.43. The highest BCUT2D eigenvalue weighted by Gasteiger charge is 2.19. The van der Waals surface area contributed by atoms with Gasteiger partial charge in [0, 0.05) is 21.5 Å². The van der Waals surface area contributed by atoms with Crippen molar-refractivity contribution in [3.63, 3.8) is 0 Å². The Bertz CT molecular complexity index is 1200. The summed E-state index contributed by atoms with van der Waals surface area (Å²) in [7, 11) is 5.06. The van der Waals surface area contributed by atoms with Crippen LogP contribution in [0.2, 0.25) is 0 Å². The lowest BCUT2D eigenvalue weighted by atomic mass is 10.1. The fourth-order valence-electron chi connectivity index (χ4n) is 3.89. The minimum Gasteiger partial charge on any atom is -0.495 e. The Labute approximate surface area is 149 Å². The second-order valence-corrected chi connectivity index (χ2v) is 6.27. The van der Waals surface area contributed by atoms with Gasteiger partial charge < -0.3 is 24.2 Å². The van der Waals surface area contributed by atoms with Crippen LogP contribution in [0.3, 0.4) is 0 Å². The summed E-state index contributed by atoms with van der Waals surface area (Å²) in [6, 6.07) is 14.3. The maximum Gasteiger partial charge on any atom is 0.166 e. The lowest BCUT2D eigenvalue weighted by Crippen LogP contribution is -1.87. The van der Waals surface area contributed by atoms with Crippen LogP contribution in [-0.4, -0.2) is 31.3 Å². The molecule has 0 saturated heterocycles. The zero-order chi connectivity index (χ0) is 17.8. The topological polar surface area (TPSA) is 59.3 Å². The highest BCUT2D eigenvalue weighted by atomic mass is 16.5.